The predicted molar refractivity (Wildman–Crippen MR) is 81.0 cm³/mol. The molecule has 0 aliphatic carbocycles. The van der Waals surface area contributed by atoms with Gasteiger partial charge in [0.05, 0.1) is 6.54 Å². The van der Waals surface area contributed by atoms with Crippen LogP contribution in [0, 0.1) is 5.92 Å². The van der Waals surface area contributed by atoms with Gasteiger partial charge in [0, 0.05) is 7.05 Å². The van der Waals surface area contributed by atoms with Gasteiger partial charge in [0.2, 0.25) is 11.8 Å². The van der Waals surface area contributed by atoms with Crippen LogP contribution in [0.25, 0.3) is 0 Å². The molecule has 7 heteroatoms. The summed E-state index contributed by atoms with van der Waals surface area (Å²) in [6.07, 6.45) is 0. The Labute approximate surface area is 131 Å². The highest BCUT2D eigenvalue weighted by atomic mass is 35.5. The van der Waals surface area contributed by atoms with E-state index in [2.05, 4.69) is 5.32 Å². The van der Waals surface area contributed by atoms with Crippen molar-refractivity contribution >= 4 is 29.4 Å². The van der Waals surface area contributed by atoms with Crippen molar-refractivity contribution in [3.05, 3.63) is 0 Å². The Balaban J connectivity index is 4.83. The molecule has 0 bridgehead atoms. The molecule has 122 valence electrons. The van der Waals surface area contributed by atoms with Gasteiger partial charge >= 0.3 is 5.97 Å². The van der Waals surface area contributed by atoms with E-state index in [0.717, 1.165) is 0 Å². The summed E-state index contributed by atoms with van der Waals surface area (Å²) in [5.41, 5.74) is -0.624. The molecule has 1 N–H and O–H groups in total. The Hall–Kier alpha value is -1.30. The first-order valence-electron chi connectivity index (χ1n) is 6.80. The summed E-state index contributed by atoms with van der Waals surface area (Å²) in [4.78, 5) is 36.6. The van der Waals surface area contributed by atoms with Crippen LogP contribution in [0.3, 0.4) is 0 Å². The molecule has 0 unspecified atom stereocenters. The minimum atomic E-state index is -0.704. The molecule has 0 aliphatic heterocycles. The molecule has 0 aromatic heterocycles. The van der Waals surface area contributed by atoms with Gasteiger partial charge in [-0.25, -0.2) is 4.79 Å². The average Bonchev–Trinajstić information content (AvgIpc) is 2.32. The van der Waals surface area contributed by atoms with Crippen LogP contribution in [0.2, 0.25) is 0 Å². The van der Waals surface area contributed by atoms with E-state index in [4.69, 9.17) is 16.3 Å². The predicted octanol–water partition coefficient (Wildman–Crippen LogP) is 1.17. The number of carbonyl (C=O) groups is 3. The third-order valence-electron chi connectivity index (χ3n) is 2.65. The summed E-state index contributed by atoms with van der Waals surface area (Å²) in [6, 6.07) is -0.704. The number of alkyl halides is 1. The van der Waals surface area contributed by atoms with Crippen molar-refractivity contribution in [3.8, 4) is 0 Å². The molecular weight excluding hydrogens is 296 g/mol. The number of amides is 2. The highest BCUT2D eigenvalue weighted by Gasteiger charge is 2.33. The monoisotopic (exact) mass is 320 g/mol. The summed E-state index contributed by atoms with van der Waals surface area (Å²) in [5, 5.41) is 2.38. The molecule has 0 aromatic rings. The summed E-state index contributed by atoms with van der Waals surface area (Å²) in [6.45, 7) is 8.76. The van der Waals surface area contributed by atoms with E-state index in [1.165, 1.54) is 11.9 Å². The zero-order valence-electron chi connectivity index (χ0n) is 13.5. The lowest BCUT2D eigenvalue weighted by atomic mass is 10.0. The minimum Gasteiger partial charge on any atom is -0.458 e. The van der Waals surface area contributed by atoms with E-state index >= 15 is 0 Å². The average molecular weight is 321 g/mol. The van der Waals surface area contributed by atoms with Crippen LogP contribution in [-0.2, 0) is 19.1 Å². The van der Waals surface area contributed by atoms with Crippen molar-refractivity contribution in [2.45, 2.75) is 46.3 Å². The number of esters is 1. The lowest BCUT2D eigenvalue weighted by molar-refractivity contribution is -0.165. The largest absolute Gasteiger partial charge is 0.458 e. The summed E-state index contributed by atoms with van der Waals surface area (Å²) >= 11 is 5.34. The molecule has 0 saturated heterocycles. The van der Waals surface area contributed by atoms with Crippen molar-refractivity contribution in [1.82, 2.24) is 10.2 Å². The van der Waals surface area contributed by atoms with Crippen LogP contribution in [0.5, 0.6) is 0 Å². The van der Waals surface area contributed by atoms with Crippen LogP contribution >= 0.6 is 11.6 Å². The van der Waals surface area contributed by atoms with Gasteiger partial charge < -0.3 is 15.0 Å². The van der Waals surface area contributed by atoms with Gasteiger partial charge in [-0.05, 0) is 26.7 Å². The Morgan fingerprint density at radius 2 is 1.76 bits per heavy atom. The maximum absolute atomic E-state index is 12.2. The van der Waals surface area contributed by atoms with Gasteiger partial charge in [-0.15, -0.1) is 11.6 Å². The van der Waals surface area contributed by atoms with Crippen molar-refractivity contribution < 1.29 is 19.1 Å². The van der Waals surface area contributed by atoms with Crippen LogP contribution in [0.4, 0.5) is 0 Å². The molecule has 0 fully saturated rings. The van der Waals surface area contributed by atoms with Crippen molar-refractivity contribution in [2.75, 3.05) is 19.5 Å². The molecular formula is C14H25ClN2O4. The van der Waals surface area contributed by atoms with Crippen LogP contribution in [0.1, 0.15) is 34.6 Å². The second kappa shape index (κ2) is 8.22. The normalized spacial score (nSPS) is 12.8. The number of nitrogens with zero attached hydrogens (tertiary/aromatic N) is 1. The molecule has 21 heavy (non-hydrogen) atoms. The zero-order chi connectivity index (χ0) is 16.8. The quantitative estimate of drug-likeness (QED) is 0.589. The number of nitrogens with one attached hydrogen (secondary N) is 1. The lowest BCUT2D eigenvalue weighted by Gasteiger charge is -2.32. The molecule has 2 amide bonds. The second-order valence-corrected chi connectivity index (χ2v) is 6.40. The first kappa shape index (κ1) is 19.7. The molecule has 0 heterocycles. The topological polar surface area (TPSA) is 75.7 Å². The fourth-order valence-corrected chi connectivity index (χ4v) is 1.84. The molecule has 0 aromatic carbocycles. The fourth-order valence-electron chi connectivity index (χ4n) is 1.74. The number of ether oxygens (including phenoxy) is 1. The number of likely N-dealkylation sites (N-methyl/N-ethyl adjacent to an activating group) is 1. The Morgan fingerprint density at radius 3 is 2.14 bits per heavy atom. The van der Waals surface area contributed by atoms with Crippen molar-refractivity contribution in [2.24, 2.45) is 5.92 Å². The third-order valence-corrected chi connectivity index (χ3v) is 2.89. The van der Waals surface area contributed by atoms with E-state index in [9.17, 15) is 14.4 Å². The third kappa shape index (κ3) is 7.32. The van der Waals surface area contributed by atoms with Gasteiger partial charge in [-0.2, -0.15) is 0 Å². The number of carbonyl (C=O) groups excluding carboxylic acids is 3. The van der Waals surface area contributed by atoms with Crippen molar-refractivity contribution in [3.63, 3.8) is 0 Å². The van der Waals surface area contributed by atoms with Gasteiger partial charge in [-0.3, -0.25) is 9.59 Å². The standard InChI is InChI=1S/C14H25ClN2O4/c1-9(2)12(13(20)21-14(3,4)5)17(6)11(19)8-16-10(18)7-15/h9,12H,7-8H2,1-6H3,(H,16,18)/t12-/m0/s1. The highest BCUT2D eigenvalue weighted by Crippen LogP contribution is 2.16. The summed E-state index contributed by atoms with van der Waals surface area (Å²) < 4.78 is 5.34. The number of hydrogen-bond donors (Lipinski definition) is 1. The molecule has 1 atom stereocenters. The maximum atomic E-state index is 12.2. The fraction of sp³-hybridized carbons (Fsp3) is 0.786. The van der Waals surface area contributed by atoms with Crippen molar-refractivity contribution in [1.29, 1.82) is 0 Å². The molecule has 0 spiro atoms. The molecule has 0 rings (SSSR count). The number of hydrogen-bond acceptors (Lipinski definition) is 4. The lowest BCUT2D eigenvalue weighted by Crippen LogP contribution is -2.51. The smallest absolute Gasteiger partial charge is 0.329 e. The zero-order valence-corrected chi connectivity index (χ0v) is 14.3. The Bertz CT molecular complexity index is 391. The van der Waals surface area contributed by atoms with Crippen LogP contribution in [0.15, 0.2) is 0 Å². The Morgan fingerprint density at radius 1 is 1.24 bits per heavy atom. The molecule has 0 aliphatic rings. The molecule has 0 radical (unpaired) electrons. The number of halogens is 1. The first-order valence-corrected chi connectivity index (χ1v) is 7.34. The maximum Gasteiger partial charge on any atom is 0.329 e. The van der Waals surface area contributed by atoms with E-state index in [1.807, 2.05) is 13.8 Å². The van der Waals surface area contributed by atoms with Gasteiger partial charge in [0.1, 0.15) is 17.5 Å². The van der Waals surface area contributed by atoms with E-state index in [-0.39, 0.29) is 24.2 Å². The van der Waals surface area contributed by atoms with E-state index in [0.29, 0.717) is 0 Å². The molecule has 6 nitrogen and oxygen atoms in total. The van der Waals surface area contributed by atoms with Gasteiger partial charge in [0.25, 0.3) is 0 Å². The van der Waals surface area contributed by atoms with E-state index in [1.54, 1.807) is 20.8 Å². The summed E-state index contributed by atoms with van der Waals surface area (Å²) in [5.74, 6) is -1.60. The SMILES string of the molecule is CC(C)[C@@H](C(=O)OC(C)(C)C)N(C)C(=O)CNC(=O)CCl. The number of rotatable bonds is 6. The van der Waals surface area contributed by atoms with Crippen LogP contribution < -0.4 is 5.32 Å². The highest BCUT2D eigenvalue weighted by molar-refractivity contribution is 6.27. The molecule has 0 saturated carbocycles. The van der Waals surface area contributed by atoms with Gasteiger partial charge in [0.15, 0.2) is 0 Å². The summed E-state index contributed by atoms with van der Waals surface area (Å²) in [7, 11) is 1.52. The minimum absolute atomic E-state index is 0.113. The van der Waals surface area contributed by atoms with Crippen LogP contribution in [-0.4, -0.2) is 53.8 Å². The second-order valence-electron chi connectivity index (χ2n) is 6.14. The Kier molecular flexibility index (Phi) is 7.71. The first-order chi connectivity index (χ1) is 9.49. The van der Waals surface area contributed by atoms with E-state index < -0.39 is 23.5 Å². The van der Waals surface area contributed by atoms with Gasteiger partial charge in [-0.1, -0.05) is 13.8 Å².